The first-order chi connectivity index (χ1) is 22.2. The lowest BCUT2D eigenvalue weighted by Gasteiger charge is -2.37. The monoisotopic (exact) mass is 709 g/mol. The molecule has 2 rings (SSSR count). The van der Waals surface area contributed by atoms with Gasteiger partial charge in [0.25, 0.3) is 5.91 Å². The van der Waals surface area contributed by atoms with Crippen molar-refractivity contribution < 1.29 is 47.8 Å². The van der Waals surface area contributed by atoms with E-state index < -0.39 is 76.0 Å². The number of thiazole rings is 1. The van der Waals surface area contributed by atoms with Gasteiger partial charge in [-0.1, -0.05) is 5.16 Å². The highest BCUT2D eigenvalue weighted by Crippen LogP contribution is 2.22. The predicted molar refractivity (Wildman–Crippen MR) is 180 cm³/mol. The number of nitrogens with two attached hydrogens (primary N) is 1. The molecular weight excluding hydrogens is 662 g/mol. The molecule has 1 aromatic heterocycles. The van der Waals surface area contributed by atoms with Crippen molar-refractivity contribution in [2.24, 2.45) is 10.9 Å². The zero-order valence-corrected chi connectivity index (χ0v) is 30.5. The van der Waals surface area contributed by atoms with Gasteiger partial charge in [-0.25, -0.2) is 19.4 Å². The number of ketones is 1. The molecule has 1 fully saturated rings. The van der Waals surface area contributed by atoms with Crippen LogP contribution in [0.1, 0.15) is 88.3 Å². The third kappa shape index (κ3) is 14.1. The van der Waals surface area contributed by atoms with Gasteiger partial charge in [-0.05, 0) is 76.2 Å². The van der Waals surface area contributed by atoms with Crippen LogP contribution in [-0.4, -0.2) is 87.5 Å². The minimum absolute atomic E-state index is 0.0236. The van der Waals surface area contributed by atoms with Gasteiger partial charge in [-0.2, -0.15) is 0 Å². The molecule has 1 unspecified atom stereocenters. The number of anilines is 1. The maximum atomic E-state index is 13.6. The first-order valence-electron chi connectivity index (χ1n) is 15.3. The summed E-state index contributed by atoms with van der Waals surface area (Å²) < 4.78 is 15.7. The highest BCUT2D eigenvalue weighted by atomic mass is 32.1. The number of esters is 1. The SMILES string of the molecule is CC(C)(C)OC(=O)NCC(=O)/C=C(\N)C[C@@H]1NC(=O)C1NC(=O)/C(=N\OC(C)(C)C(=O)OC(C)(C)C)c1csc(NC(=O)OC(C)(C)C)n1. The molecule has 272 valence electrons. The molecule has 2 atom stereocenters. The maximum Gasteiger partial charge on any atom is 0.413 e. The van der Waals surface area contributed by atoms with Crippen LogP contribution in [0.3, 0.4) is 0 Å². The standard InChI is InChI=1S/C31H47N7O10S/c1-28(2,3)45-24(42)31(10,11)48-38-21(19-15-49-25(35-19)37-27(44)47-30(7,8)9)23(41)36-20-18(34-22(20)40)13-16(32)12-17(39)14-33-26(43)46-29(4,5)6/h12,15,18,20H,13-14,32H2,1-11H3,(H,33,43)(H,34,40)(H,36,41)(H,35,37,44)/b16-12-,38-21-/t18-,20?/m0/s1. The molecule has 1 aliphatic heterocycles. The van der Waals surface area contributed by atoms with E-state index in [4.69, 9.17) is 24.8 Å². The zero-order valence-electron chi connectivity index (χ0n) is 29.7. The van der Waals surface area contributed by atoms with Gasteiger partial charge in [-0.3, -0.25) is 19.7 Å². The van der Waals surface area contributed by atoms with Crippen LogP contribution in [0.5, 0.6) is 0 Å². The molecule has 0 bridgehead atoms. The molecule has 1 saturated heterocycles. The summed E-state index contributed by atoms with van der Waals surface area (Å²) in [5.74, 6) is -2.72. The second-order valence-electron chi connectivity index (χ2n) is 14.5. The summed E-state index contributed by atoms with van der Waals surface area (Å²) >= 11 is 0.959. The quantitative estimate of drug-likeness (QED) is 0.0526. The van der Waals surface area contributed by atoms with Gasteiger partial charge in [0.2, 0.25) is 11.5 Å². The van der Waals surface area contributed by atoms with Crippen molar-refractivity contribution in [3.05, 3.63) is 22.8 Å². The number of rotatable bonds is 12. The highest BCUT2D eigenvalue weighted by Gasteiger charge is 2.42. The molecule has 0 saturated carbocycles. The van der Waals surface area contributed by atoms with Gasteiger partial charge < -0.3 is 40.7 Å². The molecule has 2 heterocycles. The molecule has 0 aliphatic carbocycles. The van der Waals surface area contributed by atoms with Crippen LogP contribution < -0.4 is 27.0 Å². The largest absolute Gasteiger partial charge is 0.457 e. The summed E-state index contributed by atoms with van der Waals surface area (Å²) in [5.41, 5.74) is 1.63. The lowest BCUT2D eigenvalue weighted by atomic mass is 9.93. The summed E-state index contributed by atoms with van der Waals surface area (Å²) in [6.07, 6.45) is -0.471. The smallest absolute Gasteiger partial charge is 0.413 e. The second-order valence-corrected chi connectivity index (χ2v) is 15.4. The number of ether oxygens (including phenoxy) is 3. The fraction of sp³-hybridized carbons (Fsp3) is 0.613. The van der Waals surface area contributed by atoms with Crippen LogP contribution in [0.2, 0.25) is 0 Å². The lowest BCUT2D eigenvalue weighted by Crippen LogP contribution is -2.69. The second kappa shape index (κ2) is 15.7. The van der Waals surface area contributed by atoms with Crippen molar-refractivity contribution in [3.8, 4) is 0 Å². The molecule has 1 aromatic rings. The van der Waals surface area contributed by atoms with Gasteiger partial charge >= 0.3 is 18.2 Å². The minimum Gasteiger partial charge on any atom is -0.457 e. The Morgan fingerprint density at radius 3 is 2.06 bits per heavy atom. The summed E-state index contributed by atoms with van der Waals surface area (Å²) in [5, 5.41) is 15.4. The first-order valence-corrected chi connectivity index (χ1v) is 16.1. The number of carbonyl (C=O) groups is 6. The predicted octanol–water partition coefficient (Wildman–Crippen LogP) is 2.64. The molecule has 1 aliphatic rings. The fourth-order valence-corrected chi connectivity index (χ4v) is 4.35. The van der Waals surface area contributed by atoms with E-state index in [1.807, 2.05) is 0 Å². The molecule has 0 spiro atoms. The number of amides is 4. The lowest BCUT2D eigenvalue weighted by molar-refractivity contribution is -0.179. The zero-order chi connectivity index (χ0) is 37.5. The number of nitrogens with one attached hydrogen (secondary N) is 4. The first kappa shape index (κ1) is 40.4. The normalized spacial score (nSPS) is 17.2. The Kier molecular flexibility index (Phi) is 12.9. The van der Waals surface area contributed by atoms with Gasteiger partial charge in [0.1, 0.15) is 28.5 Å². The Bertz CT molecular complexity index is 1500. The molecule has 4 amide bonds. The van der Waals surface area contributed by atoms with Crippen LogP contribution in [-0.2, 0) is 38.2 Å². The van der Waals surface area contributed by atoms with E-state index >= 15 is 0 Å². The van der Waals surface area contributed by atoms with Gasteiger partial charge in [-0.15, -0.1) is 11.3 Å². The molecule has 18 heteroatoms. The van der Waals surface area contributed by atoms with E-state index in [-0.39, 0.29) is 29.5 Å². The number of carbonyl (C=O) groups excluding carboxylic acids is 6. The van der Waals surface area contributed by atoms with Crippen LogP contribution >= 0.6 is 11.3 Å². The average molecular weight is 710 g/mol. The van der Waals surface area contributed by atoms with Crippen molar-refractivity contribution in [1.82, 2.24) is 20.9 Å². The summed E-state index contributed by atoms with van der Waals surface area (Å²) in [4.78, 5) is 84.9. The third-order valence-electron chi connectivity index (χ3n) is 5.73. The van der Waals surface area contributed by atoms with Crippen molar-refractivity contribution in [2.75, 3.05) is 11.9 Å². The van der Waals surface area contributed by atoms with Gasteiger partial charge in [0, 0.05) is 23.6 Å². The van der Waals surface area contributed by atoms with Crippen LogP contribution in [0.15, 0.2) is 22.3 Å². The molecule has 0 radical (unpaired) electrons. The Hall–Kier alpha value is -4.74. The van der Waals surface area contributed by atoms with E-state index in [2.05, 4.69) is 31.4 Å². The molecule has 0 aromatic carbocycles. The number of aromatic nitrogens is 1. The fourth-order valence-electron chi connectivity index (χ4n) is 3.66. The number of hydrogen-bond acceptors (Lipinski definition) is 14. The number of oxime groups is 1. The van der Waals surface area contributed by atoms with E-state index in [0.717, 1.165) is 17.4 Å². The molecule has 6 N–H and O–H groups in total. The maximum absolute atomic E-state index is 13.6. The van der Waals surface area contributed by atoms with Crippen molar-refractivity contribution in [3.63, 3.8) is 0 Å². The number of hydrogen-bond donors (Lipinski definition) is 5. The van der Waals surface area contributed by atoms with Crippen LogP contribution in [0.25, 0.3) is 0 Å². The molecular formula is C31H47N7O10S. The Balaban J connectivity index is 2.23. The highest BCUT2D eigenvalue weighted by molar-refractivity contribution is 7.14. The Labute approximate surface area is 289 Å². The number of alkyl carbamates (subject to hydrolysis) is 1. The van der Waals surface area contributed by atoms with Crippen LogP contribution in [0, 0.1) is 0 Å². The topological polar surface area (TPSA) is 239 Å². The summed E-state index contributed by atoms with van der Waals surface area (Å²) in [6.45, 7) is 17.6. The van der Waals surface area contributed by atoms with E-state index in [1.165, 1.54) is 19.2 Å². The van der Waals surface area contributed by atoms with Gasteiger partial charge in [0.15, 0.2) is 16.6 Å². The number of β-lactam (4-membered cyclic amide) rings is 1. The van der Waals surface area contributed by atoms with Crippen molar-refractivity contribution >= 4 is 57.9 Å². The van der Waals surface area contributed by atoms with E-state index in [0.29, 0.717) is 0 Å². The van der Waals surface area contributed by atoms with E-state index in [1.54, 1.807) is 62.3 Å². The summed E-state index contributed by atoms with van der Waals surface area (Å²) in [6, 6.07) is -1.81. The van der Waals surface area contributed by atoms with Crippen molar-refractivity contribution in [2.45, 2.75) is 117 Å². The summed E-state index contributed by atoms with van der Waals surface area (Å²) in [7, 11) is 0. The molecule has 49 heavy (non-hydrogen) atoms. The Morgan fingerprint density at radius 1 is 0.939 bits per heavy atom. The number of nitrogens with zero attached hydrogens (tertiary/aromatic N) is 2. The van der Waals surface area contributed by atoms with Crippen LogP contribution in [0.4, 0.5) is 14.7 Å². The third-order valence-corrected chi connectivity index (χ3v) is 6.49. The average Bonchev–Trinajstić information content (AvgIpc) is 3.35. The Morgan fingerprint density at radius 2 is 1.51 bits per heavy atom. The molecule has 17 nitrogen and oxygen atoms in total. The van der Waals surface area contributed by atoms with E-state index in [9.17, 15) is 28.8 Å². The minimum atomic E-state index is -1.65. The van der Waals surface area contributed by atoms with Crippen molar-refractivity contribution in [1.29, 1.82) is 0 Å². The van der Waals surface area contributed by atoms with Gasteiger partial charge in [0.05, 0.1) is 12.6 Å².